The van der Waals surface area contributed by atoms with Crippen LogP contribution in [0.3, 0.4) is 0 Å². The van der Waals surface area contributed by atoms with Crippen LogP contribution in [0.1, 0.15) is 20.3 Å². The van der Waals surface area contributed by atoms with Crippen molar-refractivity contribution in [3.05, 3.63) is 0 Å². The molecule has 52 valence electrons. The van der Waals surface area contributed by atoms with Gasteiger partial charge in [-0.05, 0) is 13.3 Å². The normalized spacial score (nSPS) is 19.9. The highest BCUT2D eigenvalue weighted by atomic mass is 35.5. The van der Waals surface area contributed by atoms with Crippen LogP contribution >= 0.6 is 11.6 Å². The summed E-state index contributed by atoms with van der Waals surface area (Å²) in [4.78, 5) is 0. The average Bonchev–Trinajstić information content (AvgIpc) is 1.86. The van der Waals surface area contributed by atoms with E-state index in [-0.39, 0.29) is 5.38 Å². The summed E-state index contributed by atoms with van der Waals surface area (Å²) >= 11 is 5.66. The minimum Gasteiger partial charge on any atom is -0.376 e. The molecule has 0 spiro atoms. The SMILES string of the molecule is C#CC(C)(O)C(Cl)CC. The predicted octanol–water partition coefficient (Wildman–Crippen LogP) is 1.39. The molecule has 0 aliphatic rings. The van der Waals surface area contributed by atoms with E-state index in [1.54, 1.807) is 0 Å². The zero-order valence-electron chi connectivity index (χ0n) is 5.69. The predicted molar refractivity (Wildman–Crippen MR) is 39.4 cm³/mol. The summed E-state index contributed by atoms with van der Waals surface area (Å²) in [7, 11) is 0. The van der Waals surface area contributed by atoms with E-state index in [2.05, 4.69) is 5.92 Å². The van der Waals surface area contributed by atoms with E-state index in [4.69, 9.17) is 18.0 Å². The molecule has 0 amide bonds. The Morgan fingerprint density at radius 2 is 2.33 bits per heavy atom. The van der Waals surface area contributed by atoms with Crippen molar-refractivity contribution >= 4 is 11.6 Å². The van der Waals surface area contributed by atoms with Gasteiger partial charge in [0.1, 0.15) is 5.60 Å². The van der Waals surface area contributed by atoms with Crippen molar-refractivity contribution in [3.63, 3.8) is 0 Å². The second-order valence-electron chi connectivity index (χ2n) is 2.17. The molecule has 0 bridgehead atoms. The highest BCUT2D eigenvalue weighted by Crippen LogP contribution is 2.17. The van der Waals surface area contributed by atoms with E-state index in [0.717, 1.165) is 0 Å². The van der Waals surface area contributed by atoms with Crippen LogP contribution in [0.5, 0.6) is 0 Å². The van der Waals surface area contributed by atoms with Gasteiger partial charge < -0.3 is 5.11 Å². The van der Waals surface area contributed by atoms with Gasteiger partial charge >= 0.3 is 0 Å². The molecule has 2 atom stereocenters. The summed E-state index contributed by atoms with van der Waals surface area (Å²) in [6.45, 7) is 3.41. The standard InChI is InChI=1S/C7H11ClO/c1-4-6(8)7(3,9)5-2/h2,6,9H,4H2,1,3H3. The van der Waals surface area contributed by atoms with Gasteiger partial charge in [-0.3, -0.25) is 0 Å². The molecule has 0 aliphatic heterocycles. The van der Waals surface area contributed by atoms with Crippen molar-refractivity contribution in [1.29, 1.82) is 0 Å². The number of hydrogen-bond donors (Lipinski definition) is 1. The maximum atomic E-state index is 9.22. The molecule has 0 radical (unpaired) electrons. The smallest absolute Gasteiger partial charge is 0.138 e. The van der Waals surface area contributed by atoms with Crippen LogP contribution in [-0.2, 0) is 0 Å². The molecule has 1 nitrogen and oxygen atoms in total. The number of terminal acetylenes is 1. The van der Waals surface area contributed by atoms with E-state index in [1.807, 2.05) is 6.92 Å². The Balaban J connectivity index is 4.01. The second kappa shape index (κ2) is 3.10. The first-order chi connectivity index (χ1) is 4.04. The van der Waals surface area contributed by atoms with Gasteiger partial charge in [-0.2, -0.15) is 0 Å². The molecule has 0 saturated heterocycles. The third kappa shape index (κ3) is 2.26. The molecule has 0 aromatic carbocycles. The third-order valence-corrected chi connectivity index (χ3v) is 1.99. The van der Waals surface area contributed by atoms with Gasteiger partial charge in [0.15, 0.2) is 0 Å². The van der Waals surface area contributed by atoms with Gasteiger partial charge in [0.05, 0.1) is 5.38 Å². The quantitative estimate of drug-likeness (QED) is 0.461. The van der Waals surface area contributed by atoms with Gasteiger partial charge in [-0.25, -0.2) is 0 Å². The molecular weight excluding hydrogens is 136 g/mol. The van der Waals surface area contributed by atoms with Crippen molar-refractivity contribution in [1.82, 2.24) is 0 Å². The maximum Gasteiger partial charge on any atom is 0.138 e. The summed E-state index contributed by atoms with van der Waals surface area (Å²) < 4.78 is 0. The minimum atomic E-state index is -1.16. The summed E-state index contributed by atoms with van der Waals surface area (Å²) in [5.41, 5.74) is -1.16. The van der Waals surface area contributed by atoms with Gasteiger partial charge in [-0.15, -0.1) is 18.0 Å². The molecule has 0 heterocycles. The fourth-order valence-electron chi connectivity index (χ4n) is 0.488. The molecule has 0 aromatic rings. The molecule has 1 N–H and O–H groups in total. The molecule has 0 saturated carbocycles. The monoisotopic (exact) mass is 146 g/mol. The Morgan fingerprint density at radius 3 is 2.44 bits per heavy atom. The zero-order valence-corrected chi connectivity index (χ0v) is 6.44. The summed E-state index contributed by atoms with van der Waals surface area (Å²) in [6, 6.07) is 0. The molecular formula is C7H11ClO. The Kier molecular flexibility index (Phi) is 3.03. The lowest BCUT2D eigenvalue weighted by Crippen LogP contribution is -2.32. The van der Waals surface area contributed by atoms with E-state index >= 15 is 0 Å². The lowest BCUT2D eigenvalue weighted by atomic mass is 10.0. The summed E-state index contributed by atoms with van der Waals surface area (Å²) in [5.74, 6) is 2.22. The molecule has 0 fully saturated rings. The molecule has 2 unspecified atom stereocenters. The Hall–Kier alpha value is -0.190. The number of aliphatic hydroxyl groups is 1. The number of alkyl halides is 1. The van der Waals surface area contributed by atoms with Crippen molar-refractivity contribution in [3.8, 4) is 12.3 Å². The van der Waals surface area contributed by atoms with Crippen LogP contribution in [0, 0.1) is 12.3 Å². The zero-order chi connectivity index (χ0) is 7.49. The van der Waals surface area contributed by atoms with E-state index in [0.29, 0.717) is 6.42 Å². The fourth-order valence-corrected chi connectivity index (χ4v) is 0.551. The van der Waals surface area contributed by atoms with Crippen molar-refractivity contribution in [2.45, 2.75) is 31.2 Å². The first kappa shape index (κ1) is 8.81. The number of hydrogen-bond acceptors (Lipinski definition) is 1. The van der Waals surface area contributed by atoms with Crippen molar-refractivity contribution in [2.75, 3.05) is 0 Å². The highest BCUT2D eigenvalue weighted by molar-refractivity contribution is 6.21. The van der Waals surface area contributed by atoms with Crippen LogP contribution in [0.25, 0.3) is 0 Å². The van der Waals surface area contributed by atoms with Crippen LogP contribution in [0.4, 0.5) is 0 Å². The Labute approximate surface area is 61.0 Å². The largest absolute Gasteiger partial charge is 0.376 e. The van der Waals surface area contributed by atoms with Gasteiger partial charge in [0, 0.05) is 0 Å². The van der Waals surface area contributed by atoms with Crippen molar-refractivity contribution < 1.29 is 5.11 Å². The maximum absolute atomic E-state index is 9.22. The number of halogens is 1. The van der Waals surface area contributed by atoms with Crippen LogP contribution in [-0.4, -0.2) is 16.1 Å². The topological polar surface area (TPSA) is 20.2 Å². The second-order valence-corrected chi connectivity index (χ2v) is 2.69. The lowest BCUT2D eigenvalue weighted by Gasteiger charge is -2.20. The minimum absolute atomic E-state index is 0.345. The summed E-state index contributed by atoms with van der Waals surface area (Å²) in [5, 5.41) is 8.88. The average molecular weight is 147 g/mol. The summed E-state index contributed by atoms with van der Waals surface area (Å²) in [6.07, 6.45) is 5.68. The first-order valence-corrected chi connectivity index (χ1v) is 3.32. The molecule has 0 rings (SSSR count). The molecule has 2 heteroatoms. The van der Waals surface area contributed by atoms with Crippen LogP contribution in [0.2, 0.25) is 0 Å². The van der Waals surface area contributed by atoms with E-state index in [9.17, 15) is 5.11 Å². The van der Waals surface area contributed by atoms with E-state index in [1.165, 1.54) is 6.92 Å². The highest BCUT2D eigenvalue weighted by Gasteiger charge is 2.25. The number of rotatable bonds is 2. The van der Waals surface area contributed by atoms with Crippen molar-refractivity contribution in [2.24, 2.45) is 0 Å². The lowest BCUT2D eigenvalue weighted by molar-refractivity contribution is 0.115. The van der Waals surface area contributed by atoms with E-state index < -0.39 is 5.60 Å². The Morgan fingerprint density at radius 1 is 1.89 bits per heavy atom. The van der Waals surface area contributed by atoms with Crippen LogP contribution in [0.15, 0.2) is 0 Å². The molecule has 0 aliphatic carbocycles. The Bertz CT molecular complexity index is 123. The third-order valence-electron chi connectivity index (χ3n) is 1.26. The fraction of sp³-hybridized carbons (Fsp3) is 0.714. The van der Waals surface area contributed by atoms with Crippen LogP contribution < -0.4 is 0 Å². The van der Waals surface area contributed by atoms with Gasteiger partial charge in [0.25, 0.3) is 0 Å². The first-order valence-electron chi connectivity index (χ1n) is 2.88. The van der Waals surface area contributed by atoms with Gasteiger partial charge in [0.2, 0.25) is 0 Å². The molecule has 9 heavy (non-hydrogen) atoms. The molecule has 0 aromatic heterocycles. The van der Waals surface area contributed by atoms with Gasteiger partial charge in [-0.1, -0.05) is 12.8 Å².